The zero-order valence-corrected chi connectivity index (χ0v) is 10.4. The average Bonchev–Trinajstić information content (AvgIpc) is 2.81. The Morgan fingerprint density at radius 1 is 1.35 bits per heavy atom. The van der Waals surface area contributed by atoms with Crippen molar-refractivity contribution in [3.8, 4) is 0 Å². The van der Waals surface area contributed by atoms with Gasteiger partial charge in [0, 0.05) is 25.4 Å². The highest BCUT2D eigenvalue weighted by Crippen LogP contribution is 2.37. The summed E-state index contributed by atoms with van der Waals surface area (Å²) in [6, 6.07) is 3.91. The smallest absolute Gasteiger partial charge is 0.0943 e. The fourth-order valence-electron chi connectivity index (χ4n) is 2.76. The second-order valence-corrected chi connectivity index (χ2v) is 4.78. The van der Waals surface area contributed by atoms with Crippen molar-refractivity contribution in [2.75, 3.05) is 6.61 Å². The Labute approximate surface area is 103 Å². The number of pyridine rings is 1. The molecule has 1 atom stereocenters. The lowest BCUT2D eigenvalue weighted by Gasteiger charge is -2.34. The van der Waals surface area contributed by atoms with Gasteiger partial charge in [-0.1, -0.05) is 12.8 Å². The van der Waals surface area contributed by atoms with Crippen LogP contribution >= 0.6 is 0 Å². The van der Waals surface area contributed by atoms with Gasteiger partial charge in [0.25, 0.3) is 0 Å². The van der Waals surface area contributed by atoms with Crippen molar-refractivity contribution >= 4 is 0 Å². The first-order valence-electron chi connectivity index (χ1n) is 6.48. The zero-order valence-electron chi connectivity index (χ0n) is 10.4. The van der Waals surface area contributed by atoms with Crippen LogP contribution in [0.4, 0.5) is 0 Å². The summed E-state index contributed by atoms with van der Waals surface area (Å²) in [4.78, 5) is 3.99. The fraction of sp³-hybridized carbons (Fsp3) is 0.643. The minimum Gasteiger partial charge on any atom is -0.390 e. The summed E-state index contributed by atoms with van der Waals surface area (Å²) in [7, 11) is 0. The van der Waals surface area contributed by atoms with Crippen molar-refractivity contribution in [1.82, 2.24) is 4.98 Å². The van der Waals surface area contributed by atoms with Crippen molar-refractivity contribution in [3.05, 3.63) is 30.1 Å². The summed E-state index contributed by atoms with van der Waals surface area (Å²) >= 11 is 0. The highest BCUT2D eigenvalue weighted by Gasteiger charge is 2.41. The largest absolute Gasteiger partial charge is 0.390 e. The molecule has 1 aromatic rings. The monoisotopic (exact) mass is 235 g/mol. The van der Waals surface area contributed by atoms with Gasteiger partial charge < -0.3 is 9.84 Å². The summed E-state index contributed by atoms with van der Waals surface area (Å²) < 4.78 is 5.86. The molecule has 94 valence electrons. The van der Waals surface area contributed by atoms with E-state index in [1.807, 2.05) is 19.1 Å². The van der Waals surface area contributed by atoms with E-state index in [2.05, 4.69) is 4.98 Å². The molecule has 1 heterocycles. The molecule has 0 amide bonds. The number of ether oxygens (including phenoxy) is 1. The van der Waals surface area contributed by atoms with Crippen LogP contribution in [0.3, 0.4) is 0 Å². The molecule has 2 rings (SSSR count). The summed E-state index contributed by atoms with van der Waals surface area (Å²) in [5.41, 5.74) is 0.816. The predicted molar refractivity (Wildman–Crippen MR) is 66.8 cm³/mol. The van der Waals surface area contributed by atoms with E-state index in [-0.39, 0.29) is 5.60 Å². The molecule has 1 N–H and O–H groups in total. The topological polar surface area (TPSA) is 42.4 Å². The fourth-order valence-corrected chi connectivity index (χ4v) is 2.76. The molecule has 1 unspecified atom stereocenters. The highest BCUT2D eigenvalue weighted by molar-refractivity contribution is 5.12. The van der Waals surface area contributed by atoms with Crippen LogP contribution < -0.4 is 0 Å². The maximum absolute atomic E-state index is 10.4. The first-order valence-corrected chi connectivity index (χ1v) is 6.48. The SMILES string of the molecule is CCOC1(C(O)Cc2ccncc2)CCCC1. The molecular formula is C14H21NO2. The van der Waals surface area contributed by atoms with Gasteiger partial charge in [-0.25, -0.2) is 0 Å². The van der Waals surface area contributed by atoms with Gasteiger partial charge in [-0.15, -0.1) is 0 Å². The lowest BCUT2D eigenvalue weighted by atomic mass is 9.90. The number of rotatable bonds is 5. The van der Waals surface area contributed by atoms with Gasteiger partial charge in [-0.3, -0.25) is 4.98 Å². The molecule has 1 saturated carbocycles. The van der Waals surface area contributed by atoms with E-state index in [0.29, 0.717) is 13.0 Å². The van der Waals surface area contributed by atoms with Crippen LogP contribution in [0.25, 0.3) is 0 Å². The van der Waals surface area contributed by atoms with Gasteiger partial charge in [0.05, 0.1) is 11.7 Å². The van der Waals surface area contributed by atoms with Crippen LogP contribution in [0.15, 0.2) is 24.5 Å². The molecule has 0 saturated heterocycles. The Hall–Kier alpha value is -0.930. The van der Waals surface area contributed by atoms with E-state index in [1.165, 1.54) is 0 Å². The number of hydrogen-bond donors (Lipinski definition) is 1. The van der Waals surface area contributed by atoms with Crippen LogP contribution in [0, 0.1) is 0 Å². The molecule has 3 heteroatoms. The molecule has 0 bridgehead atoms. The second-order valence-electron chi connectivity index (χ2n) is 4.78. The lowest BCUT2D eigenvalue weighted by molar-refractivity contribution is -0.115. The highest BCUT2D eigenvalue weighted by atomic mass is 16.5. The van der Waals surface area contributed by atoms with Crippen LogP contribution in [0.5, 0.6) is 0 Å². The summed E-state index contributed by atoms with van der Waals surface area (Å²) in [6.45, 7) is 2.67. The van der Waals surface area contributed by atoms with Gasteiger partial charge in [-0.2, -0.15) is 0 Å². The minimum atomic E-state index is -0.410. The molecule has 1 aliphatic carbocycles. The summed E-state index contributed by atoms with van der Waals surface area (Å²) in [5, 5.41) is 10.4. The molecular weight excluding hydrogens is 214 g/mol. The minimum absolute atomic E-state index is 0.308. The molecule has 0 radical (unpaired) electrons. The average molecular weight is 235 g/mol. The first-order chi connectivity index (χ1) is 8.27. The van der Waals surface area contributed by atoms with E-state index < -0.39 is 6.10 Å². The van der Waals surface area contributed by atoms with Gasteiger partial charge in [-0.05, 0) is 37.5 Å². The van der Waals surface area contributed by atoms with E-state index in [0.717, 1.165) is 31.2 Å². The third kappa shape index (κ3) is 2.85. The number of aromatic nitrogens is 1. The molecule has 0 aromatic carbocycles. The number of aliphatic hydroxyl groups is 1. The Balaban J connectivity index is 2.04. The Morgan fingerprint density at radius 2 is 2.00 bits per heavy atom. The zero-order chi connectivity index (χ0) is 12.1. The molecule has 1 aromatic heterocycles. The molecule has 3 nitrogen and oxygen atoms in total. The second kappa shape index (κ2) is 5.61. The van der Waals surface area contributed by atoms with E-state index >= 15 is 0 Å². The van der Waals surface area contributed by atoms with Gasteiger partial charge in [0.1, 0.15) is 0 Å². The van der Waals surface area contributed by atoms with Crippen molar-refractivity contribution in [2.45, 2.75) is 50.7 Å². The van der Waals surface area contributed by atoms with Crippen molar-refractivity contribution < 1.29 is 9.84 Å². The van der Waals surface area contributed by atoms with Gasteiger partial charge >= 0.3 is 0 Å². The number of hydrogen-bond acceptors (Lipinski definition) is 3. The molecule has 0 spiro atoms. The standard InChI is InChI=1S/C14H21NO2/c1-2-17-14(7-3-4-8-14)13(16)11-12-5-9-15-10-6-12/h5-6,9-10,13,16H,2-4,7-8,11H2,1H3. The number of nitrogens with zero attached hydrogens (tertiary/aromatic N) is 1. The van der Waals surface area contributed by atoms with Crippen molar-refractivity contribution in [2.24, 2.45) is 0 Å². The van der Waals surface area contributed by atoms with Gasteiger partial charge in [0.2, 0.25) is 0 Å². The summed E-state index contributed by atoms with van der Waals surface area (Å²) in [5.74, 6) is 0. The Kier molecular flexibility index (Phi) is 4.13. The third-order valence-electron chi connectivity index (χ3n) is 3.67. The van der Waals surface area contributed by atoms with Crippen molar-refractivity contribution in [1.29, 1.82) is 0 Å². The summed E-state index contributed by atoms with van der Waals surface area (Å²) in [6.07, 6.45) is 8.06. The van der Waals surface area contributed by atoms with Crippen LogP contribution in [0.2, 0.25) is 0 Å². The number of aliphatic hydroxyl groups excluding tert-OH is 1. The quantitative estimate of drug-likeness (QED) is 0.851. The van der Waals surface area contributed by atoms with Crippen LogP contribution in [-0.4, -0.2) is 28.4 Å². The maximum atomic E-state index is 10.4. The molecule has 1 fully saturated rings. The van der Waals surface area contributed by atoms with Gasteiger partial charge in [0.15, 0.2) is 0 Å². The molecule has 1 aliphatic rings. The van der Waals surface area contributed by atoms with E-state index in [1.54, 1.807) is 12.4 Å². The van der Waals surface area contributed by atoms with Crippen LogP contribution in [-0.2, 0) is 11.2 Å². The third-order valence-corrected chi connectivity index (χ3v) is 3.67. The lowest BCUT2D eigenvalue weighted by Crippen LogP contribution is -2.43. The van der Waals surface area contributed by atoms with Crippen LogP contribution in [0.1, 0.15) is 38.2 Å². The Bertz CT molecular complexity index is 333. The molecule has 17 heavy (non-hydrogen) atoms. The van der Waals surface area contributed by atoms with Crippen molar-refractivity contribution in [3.63, 3.8) is 0 Å². The van der Waals surface area contributed by atoms with E-state index in [9.17, 15) is 5.11 Å². The maximum Gasteiger partial charge on any atom is 0.0943 e. The van der Waals surface area contributed by atoms with E-state index in [4.69, 9.17) is 4.74 Å². The predicted octanol–water partition coefficient (Wildman–Crippen LogP) is 2.33. The Morgan fingerprint density at radius 3 is 2.59 bits per heavy atom. The first kappa shape index (κ1) is 12.5. The molecule has 0 aliphatic heterocycles. The normalized spacial score (nSPS) is 20.4.